The lowest BCUT2D eigenvalue weighted by atomic mass is 9.89. The lowest BCUT2D eigenvalue weighted by Crippen LogP contribution is -2.22. The molecular formula is C20H19O8-. The highest BCUT2D eigenvalue weighted by Crippen LogP contribution is 2.52. The number of aliphatic hydroxyl groups excluding tert-OH is 1. The molecule has 0 spiro atoms. The standard InChI is InChI=1S/C20H20O8/c1-26-14-9-11(4-5-13(14)21)18-17(20(24)25)12-7-10(3-6-16(22)23)8-15(27-2)19(12)28-18/h3-9,17-18,20-21,24-25H,1-2H3,(H,22,23)/p-1/b6-3+/t17-,18+/m0/s1. The molecule has 0 bridgehead atoms. The Hall–Kier alpha value is -3.23. The zero-order valence-corrected chi connectivity index (χ0v) is 15.2. The molecule has 8 nitrogen and oxygen atoms in total. The molecule has 1 aliphatic heterocycles. The normalized spacial score (nSPS) is 18.2. The van der Waals surface area contributed by atoms with E-state index in [0.717, 1.165) is 6.08 Å². The maximum absolute atomic E-state index is 10.7. The van der Waals surface area contributed by atoms with Gasteiger partial charge in [0, 0.05) is 5.56 Å². The number of hydrogen-bond acceptors (Lipinski definition) is 8. The van der Waals surface area contributed by atoms with Gasteiger partial charge in [-0.2, -0.15) is 0 Å². The topological polar surface area (TPSA) is 129 Å². The minimum Gasteiger partial charge on any atom is -0.545 e. The Morgan fingerprint density at radius 1 is 1.18 bits per heavy atom. The zero-order valence-electron chi connectivity index (χ0n) is 15.2. The van der Waals surface area contributed by atoms with Gasteiger partial charge in [0.2, 0.25) is 0 Å². The molecule has 0 saturated heterocycles. The van der Waals surface area contributed by atoms with Crippen LogP contribution < -0.4 is 19.3 Å². The Balaban J connectivity index is 2.09. The summed E-state index contributed by atoms with van der Waals surface area (Å²) in [6, 6.07) is 7.72. The third kappa shape index (κ3) is 3.60. The van der Waals surface area contributed by atoms with Crippen LogP contribution in [0.25, 0.3) is 6.08 Å². The largest absolute Gasteiger partial charge is 0.545 e. The average Bonchev–Trinajstić information content (AvgIpc) is 3.05. The van der Waals surface area contributed by atoms with Crippen molar-refractivity contribution >= 4 is 12.0 Å². The number of methoxy groups -OCH3 is 2. The van der Waals surface area contributed by atoms with Crippen LogP contribution in [0.2, 0.25) is 0 Å². The number of aromatic hydroxyl groups is 1. The molecule has 0 aromatic heterocycles. The molecule has 2 atom stereocenters. The van der Waals surface area contributed by atoms with Crippen LogP contribution in [0.15, 0.2) is 36.4 Å². The first-order valence-corrected chi connectivity index (χ1v) is 8.36. The highest BCUT2D eigenvalue weighted by atomic mass is 16.5. The van der Waals surface area contributed by atoms with Gasteiger partial charge < -0.3 is 39.4 Å². The maximum Gasteiger partial charge on any atom is 0.165 e. The van der Waals surface area contributed by atoms with E-state index in [4.69, 9.17) is 14.2 Å². The van der Waals surface area contributed by atoms with Crippen molar-refractivity contribution in [3.05, 3.63) is 53.1 Å². The Bertz CT molecular complexity index is 919. The van der Waals surface area contributed by atoms with Crippen LogP contribution >= 0.6 is 0 Å². The number of carboxylic acid groups (broad SMARTS) is 1. The summed E-state index contributed by atoms with van der Waals surface area (Å²) in [5.74, 6) is -1.45. The molecule has 0 aliphatic carbocycles. The summed E-state index contributed by atoms with van der Waals surface area (Å²) in [5, 5.41) is 40.5. The van der Waals surface area contributed by atoms with Gasteiger partial charge >= 0.3 is 0 Å². The van der Waals surface area contributed by atoms with Crippen molar-refractivity contribution in [3.63, 3.8) is 0 Å². The van der Waals surface area contributed by atoms with Gasteiger partial charge in [0.1, 0.15) is 6.10 Å². The van der Waals surface area contributed by atoms with Gasteiger partial charge in [0.25, 0.3) is 0 Å². The second kappa shape index (κ2) is 7.79. The van der Waals surface area contributed by atoms with Crippen molar-refractivity contribution in [1.29, 1.82) is 0 Å². The SMILES string of the molecule is COc1cc([C@H]2Oc3c(OC)cc(/C=C/C(=O)[O-])cc3[C@@H]2C(O)O)ccc1O. The molecule has 0 fully saturated rings. The summed E-state index contributed by atoms with van der Waals surface area (Å²) in [6.07, 6.45) is -0.380. The Kier molecular flexibility index (Phi) is 5.43. The van der Waals surface area contributed by atoms with E-state index in [-0.39, 0.29) is 11.5 Å². The number of phenols is 1. The van der Waals surface area contributed by atoms with Gasteiger partial charge in [-0.3, -0.25) is 0 Å². The molecule has 148 valence electrons. The smallest absolute Gasteiger partial charge is 0.165 e. The highest BCUT2D eigenvalue weighted by molar-refractivity contribution is 5.84. The third-order valence-electron chi connectivity index (χ3n) is 4.52. The van der Waals surface area contributed by atoms with E-state index in [2.05, 4.69) is 0 Å². The Morgan fingerprint density at radius 2 is 1.89 bits per heavy atom. The first-order valence-electron chi connectivity index (χ1n) is 8.36. The lowest BCUT2D eigenvalue weighted by Gasteiger charge is -2.21. The third-order valence-corrected chi connectivity index (χ3v) is 4.52. The van der Waals surface area contributed by atoms with E-state index >= 15 is 0 Å². The Labute approximate surface area is 160 Å². The van der Waals surface area contributed by atoms with Crippen molar-refractivity contribution < 1.29 is 39.4 Å². The number of ether oxygens (including phenoxy) is 3. The van der Waals surface area contributed by atoms with Gasteiger partial charge in [-0.15, -0.1) is 0 Å². The minimum absolute atomic E-state index is 0.0601. The zero-order chi connectivity index (χ0) is 20.4. The average molecular weight is 387 g/mol. The summed E-state index contributed by atoms with van der Waals surface area (Å²) in [7, 11) is 2.83. The first kappa shape index (κ1) is 19.5. The van der Waals surface area contributed by atoms with Crippen LogP contribution in [0.1, 0.15) is 28.7 Å². The summed E-state index contributed by atoms with van der Waals surface area (Å²) >= 11 is 0. The predicted molar refractivity (Wildman–Crippen MR) is 96.0 cm³/mol. The number of carbonyl (C=O) groups is 1. The fourth-order valence-electron chi connectivity index (χ4n) is 3.26. The van der Waals surface area contributed by atoms with E-state index < -0.39 is 24.3 Å². The number of phenolic OH excluding ortho intramolecular Hbond substituents is 1. The van der Waals surface area contributed by atoms with Gasteiger partial charge in [-0.1, -0.05) is 12.1 Å². The van der Waals surface area contributed by atoms with Crippen LogP contribution in [0.3, 0.4) is 0 Å². The number of hydrogen-bond donors (Lipinski definition) is 3. The number of fused-ring (bicyclic) bond motifs is 1. The van der Waals surface area contributed by atoms with Gasteiger partial charge in [-0.05, 0) is 41.5 Å². The van der Waals surface area contributed by atoms with E-state index in [1.165, 1.54) is 26.4 Å². The molecule has 0 radical (unpaired) electrons. The Morgan fingerprint density at radius 3 is 2.50 bits per heavy atom. The minimum atomic E-state index is -1.77. The van der Waals surface area contributed by atoms with E-state index in [1.807, 2.05) is 0 Å². The number of carboxylic acids is 1. The number of carbonyl (C=O) groups excluding carboxylic acids is 1. The molecule has 8 heteroatoms. The number of rotatable bonds is 6. The molecule has 3 N–H and O–H groups in total. The fourth-order valence-corrected chi connectivity index (χ4v) is 3.26. The van der Waals surface area contributed by atoms with E-state index in [9.17, 15) is 25.2 Å². The van der Waals surface area contributed by atoms with Gasteiger partial charge in [0.05, 0.1) is 26.1 Å². The van der Waals surface area contributed by atoms with Gasteiger partial charge in [0.15, 0.2) is 29.3 Å². The lowest BCUT2D eigenvalue weighted by molar-refractivity contribution is -0.297. The van der Waals surface area contributed by atoms with Crippen molar-refractivity contribution in [2.45, 2.75) is 18.3 Å². The van der Waals surface area contributed by atoms with Crippen LogP contribution in [-0.2, 0) is 4.79 Å². The monoisotopic (exact) mass is 387 g/mol. The second-order valence-corrected chi connectivity index (χ2v) is 6.20. The van der Waals surface area contributed by atoms with E-state index in [1.54, 1.807) is 24.3 Å². The molecule has 2 aromatic rings. The molecular weight excluding hydrogens is 368 g/mol. The van der Waals surface area contributed by atoms with Crippen molar-refractivity contribution in [2.24, 2.45) is 0 Å². The molecule has 2 aromatic carbocycles. The molecule has 0 unspecified atom stereocenters. The van der Waals surface area contributed by atoms with Crippen LogP contribution in [0, 0.1) is 0 Å². The molecule has 0 saturated carbocycles. The van der Waals surface area contributed by atoms with E-state index in [0.29, 0.717) is 28.2 Å². The van der Waals surface area contributed by atoms with Crippen LogP contribution in [0.5, 0.6) is 23.0 Å². The van der Waals surface area contributed by atoms with Crippen LogP contribution in [0.4, 0.5) is 0 Å². The van der Waals surface area contributed by atoms with Gasteiger partial charge in [-0.25, -0.2) is 0 Å². The summed E-state index contributed by atoms with van der Waals surface area (Å²) in [4.78, 5) is 10.7. The quantitative estimate of drug-likeness (QED) is 0.488. The fraction of sp³-hybridized carbons (Fsp3) is 0.250. The van der Waals surface area contributed by atoms with Crippen molar-refractivity contribution in [3.8, 4) is 23.0 Å². The second-order valence-electron chi connectivity index (χ2n) is 6.20. The summed E-state index contributed by atoms with van der Waals surface area (Å²) in [6.45, 7) is 0. The summed E-state index contributed by atoms with van der Waals surface area (Å²) < 4.78 is 16.4. The summed E-state index contributed by atoms with van der Waals surface area (Å²) in [5.41, 5.74) is 1.47. The van der Waals surface area contributed by atoms with Crippen molar-refractivity contribution in [2.75, 3.05) is 14.2 Å². The number of benzene rings is 2. The van der Waals surface area contributed by atoms with Crippen LogP contribution in [-0.4, -0.2) is 41.8 Å². The molecule has 1 heterocycles. The molecule has 1 aliphatic rings. The number of aliphatic hydroxyl groups is 2. The maximum atomic E-state index is 10.7. The molecule has 0 amide bonds. The van der Waals surface area contributed by atoms with Crippen molar-refractivity contribution in [1.82, 2.24) is 0 Å². The predicted octanol–water partition coefficient (Wildman–Crippen LogP) is 0.700. The number of aliphatic carboxylic acids is 1. The molecule has 28 heavy (non-hydrogen) atoms. The highest BCUT2D eigenvalue weighted by Gasteiger charge is 2.42. The molecule has 3 rings (SSSR count). The first-order chi connectivity index (χ1) is 13.3.